The van der Waals surface area contributed by atoms with Crippen LogP contribution >= 0.6 is 23.2 Å². The van der Waals surface area contributed by atoms with Gasteiger partial charge in [-0.25, -0.2) is 8.42 Å². The van der Waals surface area contributed by atoms with Crippen molar-refractivity contribution in [1.29, 1.82) is 0 Å². The topological polar surface area (TPSA) is 86.8 Å². The number of amides is 2. The average molecular weight is 659 g/mol. The molecule has 13 heteroatoms. The lowest BCUT2D eigenvalue weighted by Crippen LogP contribution is -2.51. The monoisotopic (exact) mass is 657 g/mol. The number of aryl methyl sites for hydroxylation is 1. The second-order valence-electron chi connectivity index (χ2n) is 9.95. The number of rotatable bonds is 12. The molecule has 1 atom stereocenters. The van der Waals surface area contributed by atoms with Gasteiger partial charge >= 0.3 is 6.18 Å². The van der Waals surface area contributed by atoms with E-state index in [9.17, 15) is 31.2 Å². The summed E-state index contributed by atoms with van der Waals surface area (Å²) in [5, 5.41) is 3.31. The fraction of sp³-hybridized carbons (Fsp3) is 0.333. The molecule has 0 aliphatic heterocycles. The molecule has 0 fully saturated rings. The number of benzene rings is 3. The van der Waals surface area contributed by atoms with Crippen LogP contribution in [0.1, 0.15) is 43.4 Å². The summed E-state index contributed by atoms with van der Waals surface area (Å²) in [5.74, 6) is -1.32. The van der Waals surface area contributed by atoms with Gasteiger partial charge in [-0.3, -0.25) is 13.9 Å². The zero-order valence-corrected chi connectivity index (χ0v) is 26.1. The van der Waals surface area contributed by atoms with E-state index < -0.39 is 46.2 Å². The molecule has 0 aliphatic rings. The Labute approximate surface area is 259 Å². The molecule has 0 spiro atoms. The number of nitrogens with one attached hydrogen (secondary N) is 1. The minimum absolute atomic E-state index is 0.196. The van der Waals surface area contributed by atoms with Gasteiger partial charge in [0.25, 0.3) is 10.0 Å². The Morgan fingerprint density at radius 2 is 1.67 bits per heavy atom. The van der Waals surface area contributed by atoms with Crippen LogP contribution in [0, 0.1) is 6.92 Å². The summed E-state index contributed by atoms with van der Waals surface area (Å²) < 4.78 is 69.1. The molecule has 0 bridgehead atoms. The Bertz CT molecular complexity index is 1550. The van der Waals surface area contributed by atoms with E-state index in [4.69, 9.17) is 23.2 Å². The van der Waals surface area contributed by atoms with Gasteiger partial charge in [-0.1, -0.05) is 66.4 Å². The Kier molecular flexibility index (Phi) is 11.5. The van der Waals surface area contributed by atoms with Crippen molar-refractivity contribution in [2.75, 3.05) is 17.4 Å². The lowest BCUT2D eigenvalue weighted by atomic mass is 10.1. The average Bonchev–Trinajstić information content (AvgIpc) is 2.95. The number of carbonyl (C=O) groups excluding carboxylic acids is 2. The van der Waals surface area contributed by atoms with E-state index in [2.05, 4.69) is 5.32 Å². The van der Waals surface area contributed by atoms with Gasteiger partial charge in [0.2, 0.25) is 11.8 Å². The Balaban J connectivity index is 2.09. The van der Waals surface area contributed by atoms with Crippen molar-refractivity contribution in [3.05, 3.63) is 93.5 Å². The molecule has 232 valence electrons. The SMILES string of the molecule is CCCCNC(=O)C(C)N(Cc1ccc(Cl)cc1Cl)C(=O)CN(c1cccc(C(F)(F)F)c1)S(=O)(=O)c1ccc(C)cc1. The largest absolute Gasteiger partial charge is 0.416 e. The van der Waals surface area contributed by atoms with Gasteiger partial charge < -0.3 is 10.2 Å². The van der Waals surface area contributed by atoms with Crippen molar-refractivity contribution in [1.82, 2.24) is 10.2 Å². The van der Waals surface area contributed by atoms with Gasteiger partial charge in [0.1, 0.15) is 12.6 Å². The molecule has 3 aromatic carbocycles. The van der Waals surface area contributed by atoms with Gasteiger partial charge in [-0.15, -0.1) is 0 Å². The zero-order chi connectivity index (χ0) is 31.9. The molecular formula is C30H32Cl2F3N3O4S. The molecule has 0 radical (unpaired) electrons. The molecular weight excluding hydrogens is 626 g/mol. The maximum atomic E-state index is 13.9. The number of unbranched alkanes of at least 4 members (excludes halogenated alkanes) is 1. The van der Waals surface area contributed by atoms with Crippen LogP contribution in [0.2, 0.25) is 10.0 Å². The van der Waals surface area contributed by atoms with Crippen LogP contribution in [0.15, 0.2) is 71.6 Å². The standard InChI is InChI=1S/C30H32Cl2F3N3O4S/c1-4-5-15-36-29(40)21(3)37(18-22-11-12-24(31)17-27(22)32)28(39)19-38(25-8-6-7-23(16-25)30(33,34)35)43(41,42)26-13-9-20(2)10-14-26/h6-14,16-17,21H,4-5,15,18-19H2,1-3H3,(H,36,40). The maximum Gasteiger partial charge on any atom is 0.416 e. The number of alkyl halides is 3. The molecule has 1 unspecified atom stereocenters. The van der Waals surface area contributed by atoms with Gasteiger partial charge in [0, 0.05) is 23.1 Å². The lowest BCUT2D eigenvalue weighted by Gasteiger charge is -2.32. The quantitative estimate of drug-likeness (QED) is 0.216. The Morgan fingerprint density at radius 1 is 1.00 bits per heavy atom. The highest BCUT2D eigenvalue weighted by Crippen LogP contribution is 2.33. The number of carbonyl (C=O) groups is 2. The number of anilines is 1. The number of hydrogen-bond donors (Lipinski definition) is 1. The smallest absolute Gasteiger partial charge is 0.354 e. The highest BCUT2D eigenvalue weighted by atomic mass is 35.5. The Hall–Kier alpha value is -3.28. The Morgan fingerprint density at radius 3 is 2.28 bits per heavy atom. The molecule has 0 saturated carbocycles. The van der Waals surface area contributed by atoms with Crippen LogP contribution in [-0.2, 0) is 32.3 Å². The van der Waals surface area contributed by atoms with E-state index in [0.29, 0.717) is 33.9 Å². The fourth-order valence-corrected chi connectivity index (χ4v) is 6.03. The third-order valence-electron chi connectivity index (χ3n) is 6.70. The van der Waals surface area contributed by atoms with Crippen molar-refractivity contribution in [3.63, 3.8) is 0 Å². The lowest BCUT2D eigenvalue weighted by molar-refractivity contribution is -0.139. The summed E-state index contributed by atoms with van der Waals surface area (Å²) in [4.78, 5) is 27.9. The highest BCUT2D eigenvalue weighted by Gasteiger charge is 2.35. The van der Waals surface area contributed by atoms with Crippen LogP contribution < -0.4 is 9.62 Å². The van der Waals surface area contributed by atoms with Crippen LogP contribution in [0.25, 0.3) is 0 Å². The molecule has 0 heterocycles. The predicted molar refractivity (Wildman–Crippen MR) is 162 cm³/mol. The van der Waals surface area contributed by atoms with Gasteiger partial charge in [-0.05, 0) is 68.3 Å². The zero-order valence-electron chi connectivity index (χ0n) is 23.8. The third-order valence-corrected chi connectivity index (χ3v) is 9.08. The predicted octanol–water partition coefficient (Wildman–Crippen LogP) is 6.85. The minimum Gasteiger partial charge on any atom is -0.354 e. The molecule has 3 rings (SSSR count). The molecule has 3 aromatic rings. The van der Waals surface area contributed by atoms with Crippen molar-refractivity contribution in [2.24, 2.45) is 0 Å². The van der Waals surface area contributed by atoms with E-state index in [0.717, 1.165) is 29.0 Å². The van der Waals surface area contributed by atoms with Gasteiger partial charge in [-0.2, -0.15) is 13.2 Å². The summed E-state index contributed by atoms with van der Waals surface area (Å²) in [6.45, 7) is 4.45. The fourth-order valence-electron chi connectivity index (χ4n) is 4.16. The van der Waals surface area contributed by atoms with Gasteiger partial charge in [0.15, 0.2) is 0 Å². The van der Waals surface area contributed by atoms with Crippen molar-refractivity contribution in [3.8, 4) is 0 Å². The van der Waals surface area contributed by atoms with Crippen LogP contribution in [-0.4, -0.2) is 44.3 Å². The second-order valence-corrected chi connectivity index (χ2v) is 12.7. The number of hydrogen-bond acceptors (Lipinski definition) is 4. The van der Waals surface area contributed by atoms with E-state index in [-0.39, 0.29) is 22.2 Å². The first-order valence-corrected chi connectivity index (χ1v) is 15.6. The maximum absolute atomic E-state index is 13.9. The van der Waals surface area contributed by atoms with Crippen LogP contribution in [0.5, 0.6) is 0 Å². The van der Waals surface area contributed by atoms with Crippen molar-refractivity contribution < 1.29 is 31.2 Å². The molecule has 2 amide bonds. The minimum atomic E-state index is -4.76. The van der Waals surface area contributed by atoms with Crippen molar-refractivity contribution >= 4 is 50.7 Å². The van der Waals surface area contributed by atoms with Crippen LogP contribution in [0.3, 0.4) is 0 Å². The number of halogens is 5. The first-order chi connectivity index (χ1) is 20.1. The molecule has 0 aromatic heterocycles. The molecule has 1 N–H and O–H groups in total. The number of nitrogens with zero attached hydrogens (tertiary/aromatic N) is 2. The summed E-state index contributed by atoms with van der Waals surface area (Å²) in [7, 11) is -4.54. The van der Waals surface area contributed by atoms with Crippen molar-refractivity contribution in [2.45, 2.75) is 57.3 Å². The summed E-state index contributed by atoms with van der Waals surface area (Å²) in [6, 6.07) is 12.9. The van der Waals surface area contributed by atoms with E-state index in [1.165, 1.54) is 43.3 Å². The van der Waals surface area contributed by atoms with Crippen LogP contribution in [0.4, 0.5) is 18.9 Å². The van der Waals surface area contributed by atoms with Gasteiger partial charge in [0.05, 0.1) is 16.1 Å². The number of sulfonamides is 1. The molecule has 7 nitrogen and oxygen atoms in total. The molecule has 43 heavy (non-hydrogen) atoms. The first-order valence-electron chi connectivity index (χ1n) is 13.4. The summed E-state index contributed by atoms with van der Waals surface area (Å²) in [5.41, 5.74) is -0.266. The molecule has 0 aliphatic carbocycles. The third kappa shape index (κ3) is 8.87. The summed E-state index contributed by atoms with van der Waals surface area (Å²) >= 11 is 12.4. The van der Waals surface area contributed by atoms with E-state index in [1.807, 2.05) is 6.92 Å². The normalized spacial score (nSPS) is 12.5. The first kappa shape index (κ1) is 34.2. The molecule has 0 saturated heterocycles. The second kappa shape index (κ2) is 14.5. The van der Waals surface area contributed by atoms with E-state index in [1.54, 1.807) is 19.1 Å². The highest BCUT2D eigenvalue weighted by molar-refractivity contribution is 7.92. The van der Waals surface area contributed by atoms with E-state index >= 15 is 0 Å². The summed E-state index contributed by atoms with van der Waals surface area (Å²) in [6.07, 6.45) is -3.24.